The smallest absolute Gasteiger partial charge is 0.323 e. The Labute approximate surface area is 155 Å². The second-order valence-corrected chi connectivity index (χ2v) is 9.64. The molecule has 0 atom stereocenters. The fourth-order valence-electron chi connectivity index (χ4n) is 2.83. The summed E-state index contributed by atoms with van der Waals surface area (Å²) in [5.74, 6) is 0.581. The highest BCUT2D eigenvalue weighted by Gasteiger charge is 2.32. The third kappa shape index (κ3) is 7.53. The number of carboxylic acids is 1. The van der Waals surface area contributed by atoms with E-state index in [4.69, 9.17) is 5.11 Å². The Balaban J connectivity index is 2.58. The molecule has 1 heterocycles. The summed E-state index contributed by atoms with van der Waals surface area (Å²) in [7, 11) is -3.23. The molecule has 1 saturated heterocycles. The fraction of sp³-hybridized carbons (Fsp3) is 0.875. The summed E-state index contributed by atoms with van der Waals surface area (Å²) in [6.45, 7) is 4.10. The number of hydrogen-bond donors (Lipinski definition) is 1. The highest BCUT2D eigenvalue weighted by Crippen LogP contribution is 2.20. The first-order valence-electron chi connectivity index (χ1n) is 8.88. The van der Waals surface area contributed by atoms with E-state index in [0.29, 0.717) is 38.1 Å². The van der Waals surface area contributed by atoms with Crippen LogP contribution in [-0.4, -0.2) is 77.5 Å². The quantitative estimate of drug-likeness (QED) is 0.535. The van der Waals surface area contributed by atoms with Crippen molar-refractivity contribution in [3.8, 4) is 0 Å². The van der Waals surface area contributed by atoms with Gasteiger partial charge in [-0.3, -0.25) is 9.59 Å². The van der Waals surface area contributed by atoms with E-state index in [-0.39, 0.29) is 24.2 Å². The van der Waals surface area contributed by atoms with Crippen LogP contribution in [0.15, 0.2) is 0 Å². The summed E-state index contributed by atoms with van der Waals surface area (Å²) in [5, 5.41) is 9.12. The van der Waals surface area contributed by atoms with Crippen molar-refractivity contribution in [3.05, 3.63) is 0 Å². The molecule has 0 unspecified atom stereocenters. The molecule has 0 aromatic carbocycles. The molecule has 1 rings (SSSR count). The molecule has 0 radical (unpaired) electrons. The minimum Gasteiger partial charge on any atom is -0.480 e. The standard InChI is InChI=1S/C16H30N2O5S2/c1-3-5-11-24-12-8-15(19)18(13-16(20)21)14-6-9-17(10-7-14)25(22,23)4-2/h14H,3-13H2,1-2H3,(H,20,21). The molecule has 9 heteroatoms. The summed E-state index contributed by atoms with van der Waals surface area (Å²) < 4.78 is 25.3. The van der Waals surface area contributed by atoms with Gasteiger partial charge in [0.1, 0.15) is 6.54 Å². The zero-order valence-corrected chi connectivity index (χ0v) is 16.8. The number of thioether (sulfide) groups is 1. The second-order valence-electron chi connectivity index (χ2n) is 6.16. The highest BCUT2D eigenvalue weighted by molar-refractivity contribution is 7.99. The SMILES string of the molecule is CCCCSCCC(=O)N(CC(=O)O)C1CCN(S(=O)(=O)CC)CC1. The van der Waals surface area contributed by atoms with Crippen LogP contribution in [0.25, 0.3) is 0 Å². The Morgan fingerprint density at radius 3 is 2.36 bits per heavy atom. The number of rotatable bonds is 11. The molecular weight excluding hydrogens is 364 g/mol. The van der Waals surface area contributed by atoms with Crippen LogP contribution in [0.4, 0.5) is 0 Å². The number of carboxylic acid groups (broad SMARTS) is 1. The zero-order valence-electron chi connectivity index (χ0n) is 15.1. The van der Waals surface area contributed by atoms with Crippen molar-refractivity contribution >= 4 is 33.7 Å². The number of aliphatic carboxylic acids is 1. The molecule has 0 saturated carbocycles. The third-order valence-electron chi connectivity index (χ3n) is 4.35. The highest BCUT2D eigenvalue weighted by atomic mass is 32.2. The molecule has 1 amide bonds. The number of nitrogens with zero attached hydrogens (tertiary/aromatic N) is 2. The van der Waals surface area contributed by atoms with Gasteiger partial charge in [-0.25, -0.2) is 12.7 Å². The van der Waals surface area contributed by atoms with Crippen molar-refractivity contribution in [1.29, 1.82) is 0 Å². The summed E-state index contributed by atoms with van der Waals surface area (Å²) in [6.07, 6.45) is 3.53. The van der Waals surface area contributed by atoms with Crippen molar-refractivity contribution in [3.63, 3.8) is 0 Å². The molecular formula is C16H30N2O5S2. The van der Waals surface area contributed by atoms with Crippen LogP contribution in [0, 0.1) is 0 Å². The first-order chi connectivity index (χ1) is 11.8. The lowest BCUT2D eigenvalue weighted by Crippen LogP contribution is -2.50. The Morgan fingerprint density at radius 2 is 1.84 bits per heavy atom. The number of unbranched alkanes of at least 4 members (excludes halogenated alkanes) is 1. The number of sulfonamides is 1. The molecule has 25 heavy (non-hydrogen) atoms. The maximum absolute atomic E-state index is 12.5. The van der Waals surface area contributed by atoms with Crippen LogP contribution >= 0.6 is 11.8 Å². The van der Waals surface area contributed by atoms with E-state index in [1.807, 2.05) is 0 Å². The molecule has 1 aliphatic heterocycles. The van der Waals surface area contributed by atoms with Gasteiger partial charge in [-0.05, 0) is 31.9 Å². The van der Waals surface area contributed by atoms with Crippen molar-refractivity contribution < 1.29 is 23.1 Å². The van der Waals surface area contributed by atoms with Gasteiger partial charge in [0, 0.05) is 31.3 Å². The molecule has 1 aliphatic rings. The fourth-order valence-corrected chi connectivity index (χ4v) is 4.98. The van der Waals surface area contributed by atoms with Crippen LogP contribution in [0.3, 0.4) is 0 Å². The molecule has 1 fully saturated rings. The number of carbonyl (C=O) groups is 2. The Kier molecular flexibility index (Phi) is 9.81. The Bertz CT molecular complexity index is 531. The van der Waals surface area contributed by atoms with Crippen LogP contribution in [0.1, 0.15) is 46.0 Å². The zero-order chi connectivity index (χ0) is 18.9. The van der Waals surface area contributed by atoms with E-state index in [2.05, 4.69) is 6.92 Å². The topological polar surface area (TPSA) is 95.0 Å². The van der Waals surface area contributed by atoms with Crippen molar-refractivity contribution in [2.24, 2.45) is 0 Å². The molecule has 0 aromatic rings. The molecule has 0 bridgehead atoms. The van der Waals surface area contributed by atoms with E-state index < -0.39 is 16.0 Å². The first-order valence-corrected chi connectivity index (χ1v) is 11.6. The molecule has 0 aliphatic carbocycles. The van der Waals surface area contributed by atoms with E-state index in [1.165, 1.54) is 9.21 Å². The minimum atomic E-state index is -3.23. The predicted molar refractivity (Wildman–Crippen MR) is 100 cm³/mol. The van der Waals surface area contributed by atoms with E-state index >= 15 is 0 Å². The normalized spacial score (nSPS) is 16.7. The average molecular weight is 395 g/mol. The number of piperidine rings is 1. The third-order valence-corrected chi connectivity index (χ3v) is 7.30. The van der Waals surface area contributed by atoms with Gasteiger partial charge >= 0.3 is 5.97 Å². The van der Waals surface area contributed by atoms with Crippen LogP contribution in [0.5, 0.6) is 0 Å². The molecule has 146 valence electrons. The van der Waals surface area contributed by atoms with Crippen molar-refractivity contribution in [2.45, 2.75) is 52.0 Å². The second kappa shape index (κ2) is 11.0. The number of hydrogen-bond acceptors (Lipinski definition) is 5. The van der Waals surface area contributed by atoms with Gasteiger partial charge < -0.3 is 10.0 Å². The van der Waals surface area contributed by atoms with E-state index in [0.717, 1.165) is 18.6 Å². The molecule has 7 nitrogen and oxygen atoms in total. The van der Waals surface area contributed by atoms with Crippen LogP contribution in [0.2, 0.25) is 0 Å². The van der Waals surface area contributed by atoms with Gasteiger partial charge in [-0.2, -0.15) is 11.8 Å². The van der Waals surface area contributed by atoms with Gasteiger partial charge in [0.05, 0.1) is 5.75 Å². The van der Waals surface area contributed by atoms with Crippen molar-refractivity contribution in [1.82, 2.24) is 9.21 Å². The van der Waals surface area contributed by atoms with Gasteiger partial charge in [-0.15, -0.1) is 0 Å². The van der Waals surface area contributed by atoms with Crippen molar-refractivity contribution in [2.75, 3.05) is 36.9 Å². The largest absolute Gasteiger partial charge is 0.480 e. The number of amides is 1. The lowest BCUT2D eigenvalue weighted by atomic mass is 10.0. The van der Waals surface area contributed by atoms with Gasteiger partial charge in [-0.1, -0.05) is 13.3 Å². The maximum atomic E-state index is 12.5. The summed E-state index contributed by atoms with van der Waals surface area (Å²) in [6, 6.07) is -0.201. The molecule has 0 aromatic heterocycles. The molecule has 1 N–H and O–H groups in total. The van der Waals surface area contributed by atoms with Gasteiger partial charge in [0.25, 0.3) is 0 Å². The lowest BCUT2D eigenvalue weighted by molar-refractivity contribution is -0.146. The van der Waals surface area contributed by atoms with E-state index in [9.17, 15) is 18.0 Å². The van der Waals surface area contributed by atoms with E-state index in [1.54, 1.807) is 18.7 Å². The average Bonchev–Trinajstić information content (AvgIpc) is 2.59. The first kappa shape index (κ1) is 22.2. The summed E-state index contributed by atoms with van der Waals surface area (Å²) in [4.78, 5) is 25.0. The predicted octanol–water partition coefficient (Wildman–Crippen LogP) is 1.64. The lowest BCUT2D eigenvalue weighted by Gasteiger charge is -2.37. The monoisotopic (exact) mass is 394 g/mol. The van der Waals surface area contributed by atoms with Gasteiger partial charge in [0.2, 0.25) is 15.9 Å². The van der Waals surface area contributed by atoms with Crippen LogP contribution in [-0.2, 0) is 19.6 Å². The number of carbonyl (C=O) groups excluding carboxylic acids is 1. The van der Waals surface area contributed by atoms with Gasteiger partial charge in [0.15, 0.2) is 0 Å². The minimum absolute atomic E-state index is 0.0599. The van der Waals surface area contributed by atoms with Crippen LogP contribution < -0.4 is 0 Å². The Hall–Kier alpha value is -0.800. The molecule has 0 spiro atoms. The Morgan fingerprint density at radius 1 is 1.20 bits per heavy atom. The summed E-state index contributed by atoms with van der Waals surface area (Å²) in [5.41, 5.74) is 0. The maximum Gasteiger partial charge on any atom is 0.323 e. The summed E-state index contributed by atoms with van der Waals surface area (Å²) >= 11 is 1.71.